The van der Waals surface area contributed by atoms with Gasteiger partial charge < -0.3 is 0 Å². The molecule has 0 amide bonds. The SMILES string of the molecule is CCc1c[n+](C)c(-c2ccccc2C)cc1C.[2H]C([2H])(C)c1c[n+](C)c(-c2ccccc2C)cc1C.[2H]C([2H])(C)c1c[n+](C)c(-c2ccccc2C)cc1C.[2H]C([2H])([2H])c1c[n+](C)c(-c2ccccc2C)cc1C([2H])([2H])C.[2H]C([2H])([2H])c1c[n+](C)c(-c2ccccc2C)cc1C([2H])([2H])C. The number of aryl methyl sites for hydroxylation is 20. The maximum Gasteiger partial charge on any atom is 0.212 e. The second-order valence-corrected chi connectivity index (χ2v) is 21.8. The maximum atomic E-state index is 7.98. The summed E-state index contributed by atoms with van der Waals surface area (Å²) in [7, 11) is 9.63. The molecule has 0 fully saturated rings. The van der Waals surface area contributed by atoms with E-state index in [0.29, 0.717) is 0 Å². The van der Waals surface area contributed by atoms with Crippen LogP contribution in [0.15, 0.2) is 183 Å². The molecule has 5 heteroatoms. The quantitative estimate of drug-likeness (QED) is 0.122. The van der Waals surface area contributed by atoms with Gasteiger partial charge in [-0.2, -0.15) is 0 Å². The van der Waals surface area contributed by atoms with Crippen LogP contribution in [0.1, 0.15) is 137 Å². The highest BCUT2D eigenvalue weighted by molar-refractivity contribution is 5.65. The van der Waals surface area contributed by atoms with Gasteiger partial charge in [-0.05, 0) is 187 Å². The Kier molecular flexibility index (Phi) is 17.6. The third-order valence-electron chi connectivity index (χ3n) is 15.7. The molecule has 5 nitrogen and oxygen atoms in total. The highest BCUT2D eigenvalue weighted by atomic mass is 14.9. The number of hydrogen-bond donors (Lipinski definition) is 0. The van der Waals surface area contributed by atoms with E-state index in [1.807, 2.05) is 136 Å². The van der Waals surface area contributed by atoms with Gasteiger partial charge in [0.05, 0.1) is 0 Å². The zero-order valence-electron chi connectivity index (χ0n) is 67.8. The van der Waals surface area contributed by atoms with E-state index in [-0.39, 0.29) is 22.3 Å². The van der Waals surface area contributed by atoms with Crippen molar-refractivity contribution < 1.29 is 42.0 Å². The van der Waals surface area contributed by atoms with Crippen LogP contribution in [0.3, 0.4) is 0 Å². The molecule has 85 heavy (non-hydrogen) atoms. The fraction of sp³-hybridized carbons (Fsp3) is 0.312. The van der Waals surface area contributed by atoms with Gasteiger partial charge >= 0.3 is 0 Å². The molecule has 0 atom stereocenters. The van der Waals surface area contributed by atoms with Crippen LogP contribution < -0.4 is 22.8 Å². The van der Waals surface area contributed by atoms with Crippen LogP contribution >= 0.6 is 0 Å². The fourth-order valence-corrected chi connectivity index (χ4v) is 10.5. The minimum Gasteiger partial charge on any atom is -0.201 e. The number of nitrogens with zero attached hydrogens (tertiary/aromatic N) is 5. The molecular formula is C80H100N5+5. The first-order chi connectivity index (χ1) is 45.8. The first-order valence-corrected chi connectivity index (χ1v) is 29.2. The zero-order chi connectivity index (χ0) is 74.2. The summed E-state index contributed by atoms with van der Waals surface area (Å²) >= 11 is 0. The minimum absolute atomic E-state index is 0.0554. The molecule has 0 radical (unpaired) electrons. The Bertz CT molecular complexity index is 4250. The van der Waals surface area contributed by atoms with Crippen LogP contribution in [0.4, 0.5) is 0 Å². The number of rotatable bonds is 10. The van der Waals surface area contributed by atoms with Crippen LogP contribution in [0.2, 0.25) is 0 Å². The largest absolute Gasteiger partial charge is 0.212 e. The summed E-state index contributed by atoms with van der Waals surface area (Å²) in [4.78, 5) is 0. The Hall–Kier alpha value is -8.15. The molecule has 0 aliphatic heterocycles. The lowest BCUT2D eigenvalue weighted by molar-refractivity contribution is -0.661. The van der Waals surface area contributed by atoms with Crippen molar-refractivity contribution in [2.75, 3.05) is 0 Å². The Morgan fingerprint density at radius 3 is 0.729 bits per heavy atom. The maximum absolute atomic E-state index is 7.98. The molecule has 5 aromatic heterocycles. The van der Waals surface area contributed by atoms with Crippen molar-refractivity contribution in [3.63, 3.8) is 0 Å². The van der Waals surface area contributed by atoms with E-state index in [4.69, 9.17) is 19.2 Å². The predicted molar refractivity (Wildman–Crippen MR) is 360 cm³/mol. The highest BCUT2D eigenvalue weighted by Crippen LogP contribution is 2.27. The fourth-order valence-electron chi connectivity index (χ4n) is 10.5. The van der Waals surface area contributed by atoms with Crippen LogP contribution in [0.5, 0.6) is 0 Å². The monoisotopic (exact) mass is 1140 g/mol. The normalized spacial score (nSPS) is 14.0. The van der Waals surface area contributed by atoms with Crippen LogP contribution in [-0.4, -0.2) is 0 Å². The molecule has 10 aromatic rings. The molecule has 440 valence electrons. The van der Waals surface area contributed by atoms with Gasteiger partial charge in [0.25, 0.3) is 0 Å². The lowest BCUT2D eigenvalue weighted by atomic mass is 10.0. The van der Waals surface area contributed by atoms with Gasteiger partial charge in [0.2, 0.25) is 28.5 Å². The molecule has 0 spiro atoms. The molecule has 0 unspecified atom stereocenters. The smallest absolute Gasteiger partial charge is 0.201 e. The van der Waals surface area contributed by atoms with Gasteiger partial charge in [-0.25, -0.2) is 22.8 Å². The van der Waals surface area contributed by atoms with E-state index >= 15 is 0 Å². The van der Waals surface area contributed by atoms with Gasteiger partial charge in [0.15, 0.2) is 31.0 Å². The van der Waals surface area contributed by atoms with Crippen molar-refractivity contribution >= 4 is 0 Å². The topological polar surface area (TPSA) is 19.4 Å². The highest BCUT2D eigenvalue weighted by Gasteiger charge is 2.19. The minimum atomic E-state index is -2.35. The Labute approximate surface area is 533 Å². The molecule has 5 aromatic carbocycles. The lowest BCUT2D eigenvalue weighted by Crippen LogP contribution is -2.32. The number of pyridine rings is 5. The summed E-state index contributed by atoms with van der Waals surface area (Å²) in [5, 5.41) is 0. The van der Waals surface area contributed by atoms with E-state index in [2.05, 4.69) is 119 Å². The number of hydrogen-bond acceptors (Lipinski definition) is 0. The molecule has 10 rings (SSSR count). The van der Waals surface area contributed by atoms with Gasteiger partial charge in [0.1, 0.15) is 35.2 Å². The van der Waals surface area contributed by atoms with Crippen LogP contribution in [0.25, 0.3) is 56.3 Å². The summed E-state index contributed by atoms with van der Waals surface area (Å²) in [6.45, 7) is 19.9. The van der Waals surface area contributed by atoms with Gasteiger partial charge in [-0.1, -0.05) is 126 Å². The Balaban J connectivity index is 0.000000196. The van der Waals surface area contributed by atoms with Crippen molar-refractivity contribution in [1.29, 1.82) is 0 Å². The second-order valence-electron chi connectivity index (χ2n) is 21.8. The van der Waals surface area contributed by atoms with Gasteiger partial charge in [-0.3, -0.25) is 0 Å². The Morgan fingerprint density at radius 2 is 0.494 bits per heavy atom. The van der Waals surface area contributed by atoms with Crippen molar-refractivity contribution in [1.82, 2.24) is 0 Å². The molecule has 0 saturated carbocycles. The first-order valence-electron chi connectivity index (χ1n) is 36.2. The predicted octanol–water partition coefficient (Wildman–Crippen LogP) is 16.8. The van der Waals surface area contributed by atoms with Crippen molar-refractivity contribution in [3.05, 3.63) is 266 Å². The van der Waals surface area contributed by atoms with Gasteiger partial charge in [0, 0.05) is 105 Å². The zero-order valence-corrected chi connectivity index (χ0v) is 53.8. The standard InChI is InChI=1S/5C16H20N/c2*1-5-14-10-16(17(4)11-13(14)3)15-9-7-6-8-12(15)2;3*1-5-14-11-17(4)16(10-13(14)3)15-9-7-6-8-12(15)2/h5*6-11H,5H2,1-4H3/q5*+1/i2*3D3,5D2;2*5D2;. The summed E-state index contributed by atoms with van der Waals surface area (Å²) in [5.41, 5.74) is 23.4. The van der Waals surface area contributed by atoms with E-state index in [0.717, 1.165) is 73.7 Å². The van der Waals surface area contributed by atoms with Crippen molar-refractivity contribution in [2.24, 2.45) is 35.2 Å². The van der Waals surface area contributed by atoms with E-state index in [9.17, 15) is 0 Å². The lowest BCUT2D eigenvalue weighted by Gasteiger charge is -2.07. The number of benzene rings is 5. The van der Waals surface area contributed by atoms with Crippen LogP contribution in [0, 0.1) is 69.1 Å². The van der Waals surface area contributed by atoms with E-state index in [1.165, 1.54) is 76.4 Å². The first kappa shape index (κ1) is 48.1. The van der Waals surface area contributed by atoms with Crippen molar-refractivity contribution in [3.8, 4) is 56.3 Å². The third kappa shape index (κ3) is 16.8. The van der Waals surface area contributed by atoms with Gasteiger partial charge in [-0.15, -0.1) is 0 Å². The van der Waals surface area contributed by atoms with Crippen molar-refractivity contribution in [2.45, 2.75) is 136 Å². The summed E-state index contributed by atoms with van der Waals surface area (Å²) in [6, 6.07) is 50.4. The third-order valence-corrected chi connectivity index (χ3v) is 15.7. The molecule has 0 aliphatic rings. The molecule has 0 saturated heterocycles. The van der Waals surface area contributed by atoms with Crippen LogP contribution in [-0.2, 0) is 67.2 Å². The van der Waals surface area contributed by atoms with E-state index in [1.54, 1.807) is 49.2 Å². The summed E-state index contributed by atoms with van der Waals surface area (Å²) in [5.74, 6) is 0. The molecule has 5 heterocycles. The molecular weight excluding hydrogens is 1030 g/mol. The molecule has 0 aliphatic carbocycles. The average Bonchev–Trinajstić information content (AvgIpc) is 0.785. The second kappa shape index (κ2) is 31.1. The Morgan fingerprint density at radius 1 is 0.271 bits per heavy atom. The summed E-state index contributed by atoms with van der Waals surface area (Å²) < 4.78 is 119. The average molecular weight is 1150 g/mol. The summed E-state index contributed by atoms with van der Waals surface area (Å²) in [6.07, 6.45) is 4.10. The molecule has 0 N–H and O–H groups in total. The van der Waals surface area contributed by atoms with E-state index < -0.39 is 39.2 Å². The molecule has 0 bridgehead atoms. The number of aromatic nitrogens is 5.